The Bertz CT molecular complexity index is 560. The van der Waals surface area contributed by atoms with Gasteiger partial charge < -0.3 is 5.32 Å². The number of nitrogens with one attached hydrogen (secondary N) is 1. The third kappa shape index (κ3) is 4.97. The summed E-state index contributed by atoms with van der Waals surface area (Å²) in [5.41, 5.74) is -1.73. The lowest BCUT2D eigenvalue weighted by Crippen LogP contribution is -2.26. The van der Waals surface area contributed by atoms with Gasteiger partial charge >= 0.3 is 6.18 Å². The second kappa shape index (κ2) is 6.46. The average Bonchev–Trinajstić information content (AvgIpc) is 2.35. The van der Waals surface area contributed by atoms with E-state index in [0.29, 0.717) is 6.07 Å². The molecule has 0 aliphatic carbocycles. The van der Waals surface area contributed by atoms with Crippen LogP contribution in [0, 0.1) is 21.7 Å². The van der Waals surface area contributed by atoms with Gasteiger partial charge in [0.1, 0.15) is 5.56 Å². The minimum atomic E-state index is -4.39. The van der Waals surface area contributed by atoms with Crippen molar-refractivity contribution in [3.05, 3.63) is 39.4 Å². The molecule has 0 aliphatic heterocycles. The van der Waals surface area contributed by atoms with Crippen molar-refractivity contribution in [1.82, 2.24) is 5.32 Å². The lowest BCUT2D eigenvalue weighted by molar-refractivity contribution is -0.385. The molecule has 0 radical (unpaired) electrons. The molecule has 5 nitrogen and oxygen atoms in total. The average molecular weight is 312 g/mol. The lowest BCUT2D eigenvalue weighted by Gasteiger charge is -2.08. The summed E-state index contributed by atoms with van der Waals surface area (Å²) in [5, 5.41) is 12.6. The van der Waals surface area contributed by atoms with Gasteiger partial charge in [-0.05, 0) is 12.5 Å². The number of hydrogen-bond acceptors (Lipinski definition) is 3. The van der Waals surface area contributed by atoms with Gasteiger partial charge in [-0.25, -0.2) is 8.78 Å². The molecule has 21 heavy (non-hydrogen) atoms. The smallest absolute Gasteiger partial charge is 0.352 e. The van der Waals surface area contributed by atoms with Gasteiger partial charge in [0.25, 0.3) is 11.6 Å². The third-order valence-corrected chi connectivity index (χ3v) is 2.40. The van der Waals surface area contributed by atoms with Gasteiger partial charge in [-0.15, -0.1) is 0 Å². The Morgan fingerprint density at radius 2 is 1.81 bits per heavy atom. The van der Waals surface area contributed by atoms with Crippen molar-refractivity contribution in [1.29, 1.82) is 0 Å². The molecule has 0 aromatic heterocycles. The van der Waals surface area contributed by atoms with Crippen LogP contribution in [0.2, 0.25) is 0 Å². The van der Waals surface area contributed by atoms with E-state index in [4.69, 9.17) is 0 Å². The van der Waals surface area contributed by atoms with E-state index >= 15 is 0 Å². The number of amides is 1. The Morgan fingerprint density at radius 1 is 1.24 bits per heavy atom. The zero-order valence-electron chi connectivity index (χ0n) is 10.3. The van der Waals surface area contributed by atoms with Crippen LogP contribution in [0.4, 0.5) is 27.6 Å². The number of benzene rings is 1. The Kier molecular flexibility index (Phi) is 5.17. The monoisotopic (exact) mass is 312 g/mol. The molecule has 0 heterocycles. The summed E-state index contributed by atoms with van der Waals surface area (Å²) in [7, 11) is 0. The summed E-state index contributed by atoms with van der Waals surface area (Å²) >= 11 is 0. The van der Waals surface area contributed by atoms with E-state index in [0.717, 1.165) is 0 Å². The van der Waals surface area contributed by atoms with Gasteiger partial charge in [-0.2, -0.15) is 13.2 Å². The molecule has 1 N–H and O–H groups in total. The zero-order valence-corrected chi connectivity index (χ0v) is 10.3. The van der Waals surface area contributed by atoms with E-state index < -0.39 is 59.3 Å². The van der Waals surface area contributed by atoms with Crippen molar-refractivity contribution in [2.45, 2.75) is 19.0 Å². The van der Waals surface area contributed by atoms with Gasteiger partial charge in [0.05, 0.1) is 11.0 Å². The molecule has 1 rings (SSSR count). The molecular formula is C11H9F5N2O3. The zero-order chi connectivity index (χ0) is 16.2. The molecule has 0 saturated heterocycles. The molecule has 0 fully saturated rings. The van der Waals surface area contributed by atoms with E-state index in [1.807, 2.05) is 5.32 Å². The van der Waals surface area contributed by atoms with Crippen LogP contribution in [-0.2, 0) is 0 Å². The van der Waals surface area contributed by atoms with Gasteiger partial charge in [0.15, 0.2) is 11.6 Å². The highest BCUT2D eigenvalue weighted by atomic mass is 19.4. The van der Waals surface area contributed by atoms with Crippen LogP contribution in [0.5, 0.6) is 0 Å². The number of nitrogens with zero attached hydrogens (tertiary/aromatic N) is 1. The van der Waals surface area contributed by atoms with Gasteiger partial charge in [-0.1, -0.05) is 0 Å². The van der Waals surface area contributed by atoms with E-state index in [9.17, 15) is 36.9 Å². The van der Waals surface area contributed by atoms with Crippen molar-refractivity contribution >= 4 is 11.6 Å². The van der Waals surface area contributed by atoms with Crippen LogP contribution < -0.4 is 5.32 Å². The second-order valence-corrected chi connectivity index (χ2v) is 4.02. The number of nitro groups is 1. The van der Waals surface area contributed by atoms with Crippen molar-refractivity contribution < 1.29 is 31.7 Å². The minimum absolute atomic E-state index is 0.236. The molecule has 0 atom stereocenters. The van der Waals surface area contributed by atoms with Crippen LogP contribution in [-0.4, -0.2) is 23.6 Å². The largest absolute Gasteiger partial charge is 0.389 e. The standard InChI is InChI=1S/C11H9F5N2O3/c12-7-4-6(9(18(20)21)5-8(7)13)10(19)17-3-1-2-11(14,15)16/h4-5H,1-3H2,(H,17,19). The highest BCUT2D eigenvalue weighted by Gasteiger charge is 2.27. The molecule has 0 aliphatic rings. The second-order valence-electron chi connectivity index (χ2n) is 4.02. The first-order valence-electron chi connectivity index (χ1n) is 5.60. The summed E-state index contributed by atoms with van der Waals surface area (Å²) < 4.78 is 61.5. The number of halogens is 5. The van der Waals surface area contributed by atoms with Crippen LogP contribution in [0.1, 0.15) is 23.2 Å². The summed E-state index contributed by atoms with van der Waals surface area (Å²) in [4.78, 5) is 21.1. The SMILES string of the molecule is O=C(NCCCC(F)(F)F)c1cc(F)c(F)cc1[N+](=O)[O-]. The van der Waals surface area contributed by atoms with E-state index in [1.54, 1.807) is 0 Å². The molecule has 0 unspecified atom stereocenters. The molecule has 0 bridgehead atoms. The van der Waals surface area contributed by atoms with Crippen molar-refractivity contribution in [2.24, 2.45) is 0 Å². The van der Waals surface area contributed by atoms with Crippen LogP contribution in [0.3, 0.4) is 0 Å². The predicted molar refractivity (Wildman–Crippen MR) is 60.6 cm³/mol. The fourth-order valence-corrected chi connectivity index (χ4v) is 1.46. The molecular weight excluding hydrogens is 303 g/mol. The maximum absolute atomic E-state index is 13.0. The number of carbonyl (C=O) groups is 1. The maximum atomic E-state index is 13.0. The topological polar surface area (TPSA) is 72.2 Å². The number of hydrogen-bond donors (Lipinski definition) is 1. The molecule has 1 amide bonds. The summed E-state index contributed by atoms with van der Waals surface area (Å²) in [6, 6.07) is 0.562. The van der Waals surface area contributed by atoms with Crippen molar-refractivity contribution in [2.75, 3.05) is 6.54 Å². The van der Waals surface area contributed by atoms with Gasteiger partial charge in [0.2, 0.25) is 0 Å². The van der Waals surface area contributed by atoms with E-state index in [1.165, 1.54) is 0 Å². The summed E-state index contributed by atoms with van der Waals surface area (Å²) in [6.45, 7) is -0.408. The first-order chi connectivity index (χ1) is 9.61. The number of rotatable bonds is 5. The Hall–Kier alpha value is -2.26. The number of alkyl halides is 3. The molecule has 1 aromatic rings. The Labute approximate surface area is 114 Å². The van der Waals surface area contributed by atoms with Gasteiger partial charge in [0, 0.05) is 13.0 Å². The first kappa shape index (κ1) is 16.8. The first-order valence-corrected chi connectivity index (χ1v) is 5.60. The lowest BCUT2D eigenvalue weighted by atomic mass is 10.1. The fraction of sp³-hybridized carbons (Fsp3) is 0.364. The van der Waals surface area contributed by atoms with Crippen molar-refractivity contribution in [3.8, 4) is 0 Å². The maximum Gasteiger partial charge on any atom is 0.389 e. The molecule has 10 heteroatoms. The minimum Gasteiger partial charge on any atom is -0.352 e. The highest BCUT2D eigenvalue weighted by Crippen LogP contribution is 2.23. The molecule has 116 valence electrons. The van der Waals surface area contributed by atoms with E-state index in [-0.39, 0.29) is 6.07 Å². The quantitative estimate of drug-likeness (QED) is 0.393. The Morgan fingerprint density at radius 3 is 2.33 bits per heavy atom. The Balaban J connectivity index is 2.78. The molecule has 0 saturated carbocycles. The van der Waals surface area contributed by atoms with Crippen molar-refractivity contribution in [3.63, 3.8) is 0 Å². The summed E-state index contributed by atoms with van der Waals surface area (Å²) in [5.74, 6) is -4.13. The third-order valence-electron chi connectivity index (χ3n) is 2.40. The number of nitro benzene ring substituents is 1. The van der Waals surface area contributed by atoms with Crippen LogP contribution >= 0.6 is 0 Å². The van der Waals surface area contributed by atoms with E-state index in [2.05, 4.69) is 0 Å². The van der Waals surface area contributed by atoms with Gasteiger partial charge in [-0.3, -0.25) is 14.9 Å². The number of carbonyl (C=O) groups excluding carboxylic acids is 1. The summed E-state index contributed by atoms with van der Waals surface area (Å²) in [6.07, 6.45) is -5.97. The van der Waals surface area contributed by atoms with Crippen LogP contribution in [0.25, 0.3) is 0 Å². The normalized spacial score (nSPS) is 11.3. The highest BCUT2D eigenvalue weighted by molar-refractivity contribution is 5.98. The van der Waals surface area contributed by atoms with Crippen LogP contribution in [0.15, 0.2) is 12.1 Å². The fourth-order valence-electron chi connectivity index (χ4n) is 1.46. The molecule has 1 aromatic carbocycles. The molecule has 0 spiro atoms. The predicted octanol–water partition coefficient (Wildman–Crippen LogP) is 2.95.